The van der Waals surface area contributed by atoms with Gasteiger partial charge in [0.25, 0.3) is 0 Å². The number of hydrogen-bond donors (Lipinski definition) is 1. The minimum absolute atomic E-state index is 0.816. The second kappa shape index (κ2) is 5.83. The van der Waals surface area contributed by atoms with Gasteiger partial charge < -0.3 is 5.32 Å². The molecular formula is C16H21N3. The number of aryl methyl sites for hydroxylation is 2. The van der Waals surface area contributed by atoms with Crippen LogP contribution in [0.4, 0.5) is 5.82 Å². The van der Waals surface area contributed by atoms with Crippen molar-refractivity contribution in [3.8, 4) is 11.4 Å². The second-order valence-corrected chi connectivity index (χ2v) is 4.67. The lowest BCUT2D eigenvalue weighted by atomic mass is 10.1. The van der Waals surface area contributed by atoms with E-state index >= 15 is 0 Å². The highest BCUT2D eigenvalue weighted by atomic mass is 15.0. The molecule has 0 radical (unpaired) electrons. The van der Waals surface area contributed by atoms with Crippen LogP contribution in [0.25, 0.3) is 11.4 Å². The number of hydrogen-bond acceptors (Lipinski definition) is 3. The summed E-state index contributed by atoms with van der Waals surface area (Å²) >= 11 is 0. The SMILES string of the molecule is CCNc1nc(-c2ccccc2C)nc(CC)c1C. The third-order valence-corrected chi connectivity index (χ3v) is 3.31. The van der Waals surface area contributed by atoms with E-state index in [-0.39, 0.29) is 0 Å². The lowest BCUT2D eigenvalue weighted by molar-refractivity contribution is 0.969. The molecule has 0 aliphatic rings. The molecule has 0 fully saturated rings. The van der Waals surface area contributed by atoms with Gasteiger partial charge in [0, 0.05) is 23.4 Å². The van der Waals surface area contributed by atoms with Gasteiger partial charge in [-0.05, 0) is 32.8 Å². The molecular weight excluding hydrogens is 234 g/mol. The van der Waals surface area contributed by atoms with Crippen molar-refractivity contribution in [1.29, 1.82) is 0 Å². The molecule has 19 heavy (non-hydrogen) atoms. The van der Waals surface area contributed by atoms with Crippen molar-refractivity contribution in [2.24, 2.45) is 0 Å². The molecule has 0 atom stereocenters. The Labute approximate surface area is 115 Å². The van der Waals surface area contributed by atoms with Crippen LogP contribution < -0.4 is 5.32 Å². The molecule has 0 bridgehead atoms. The van der Waals surface area contributed by atoms with E-state index in [1.807, 2.05) is 12.1 Å². The zero-order chi connectivity index (χ0) is 13.8. The van der Waals surface area contributed by atoms with E-state index in [9.17, 15) is 0 Å². The summed E-state index contributed by atoms with van der Waals surface area (Å²) in [5, 5.41) is 3.33. The molecule has 0 aliphatic heterocycles. The first-order valence-electron chi connectivity index (χ1n) is 6.84. The first kappa shape index (κ1) is 13.5. The van der Waals surface area contributed by atoms with Crippen LogP contribution in [0.5, 0.6) is 0 Å². The number of nitrogens with zero attached hydrogens (tertiary/aromatic N) is 2. The van der Waals surface area contributed by atoms with Gasteiger partial charge in [0.15, 0.2) is 5.82 Å². The van der Waals surface area contributed by atoms with Crippen LogP contribution in [0.1, 0.15) is 30.7 Å². The highest BCUT2D eigenvalue weighted by Gasteiger charge is 2.11. The van der Waals surface area contributed by atoms with Gasteiger partial charge >= 0.3 is 0 Å². The van der Waals surface area contributed by atoms with E-state index in [2.05, 4.69) is 50.1 Å². The van der Waals surface area contributed by atoms with Crippen LogP contribution in [0.2, 0.25) is 0 Å². The van der Waals surface area contributed by atoms with Crippen molar-refractivity contribution < 1.29 is 0 Å². The molecule has 0 unspecified atom stereocenters. The van der Waals surface area contributed by atoms with Crippen LogP contribution in [-0.4, -0.2) is 16.5 Å². The fourth-order valence-corrected chi connectivity index (χ4v) is 2.19. The first-order chi connectivity index (χ1) is 9.17. The van der Waals surface area contributed by atoms with E-state index < -0.39 is 0 Å². The first-order valence-corrected chi connectivity index (χ1v) is 6.84. The maximum absolute atomic E-state index is 4.71. The lowest BCUT2D eigenvalue weighted by Crippen LogP contribution is -2.07. The molecule has 1 heterocycles. The average molecular weight is 255 g/mol. The highest BCUT2D eigenvalue weighted by Crippen LogP contribution is 2.24. The quantitative estimate of drug-likeness (QED) is 0.904. The molecule has 3 nitrogen and oxygen atoms in total. The monoisotopic (exact) mass is 255 g/mol. The van der Waals surface area contributed by atoms with Crippen LogP contribution in [0.15, 0.2) is 24.3 Å². The molecule has 1 aromatic heterocycles. The zero-order valence-corrected chi connectivity index (χ0v) is 12.1. The molecule has 3 heteroatoms. The summed E-state index contributed by atoms with van der Waals surface area (Å²) in [7, 11) is 0. The summed E-state index contributed by atoms with van der Waals surface area (Å²) in [5.41, 5.74) is 4.58. The molecule has 2 aromatic rings. The molecule has 1 N–H and O–H groups in total. The molecule has 0 saturated carbocycles. The van der Waals surface area contributed by atoms with Gasteiger partial charge in [0.05, 0.1) is 0 Å². The molecule has 0 spiro atoms. The van der Waals surface area contributed by atoms with Crippen molar-refractivity contribution >= 4 is 5.82 Å². The predicted molar refractivity (Wildman–Crippen MR) is 80.5 cm³/mol. The van der Waals surface area contributed by atoms with Crippen molar-refractivity contribution in [2.75, 3.05) is 11.9 Å². The van der Waals surface area contributed by atoms with E-state index in [4.69, 9.17) is 4.98 Å². The second-order valence-electron chi connectivity index (χ2n) is 4.67. The molecule has 100 valence electrons. The van der Waals surface area contributed by atoms with E-state index in [0.29, 0.717) is 0 Å². The van der Waals surface area contributed by atoms with Gasteiger partial charge in [-0.2, -0.15) is 0 Å². The predicted octanol–water partition coefficient (Wildman–Crippen LogP) is 3.75. The minimum Gasteiger partial charge on any atom is -0.370 e. The summed E-state index contributed by atoms with van der Waals surface area (Å²) < 4.78 is 0. The number of nitrogens with one attached hydrogen (secondary N) is 1. The normalized spacial score (nSPS) is 10.5. The Morgan fingerprint density at radius 3 is 2.42 bits per heavy atom. The van der Waals surface area contributed by atoms with E-state index in [0.717, 1.165) is 41.4 Å². The van der Waals surface area contributed by atoms with Crippen molar-refractivity contribution in [3.63, 3.8) is 0 Å². The topological polar surface area (TPSA) is 37.8 Å². The molecule has 2 rings (SSSR count). The van der Waals surface area contributed by atoms with Gasteiger partial charge in [0.1, 0.15) is 5.82 Å². The molecule has 1 aromatic carbocycles. The van der Waals surface area contributed by atoms with Crippen LogP contribution >= 0.6 is 0 Å². The average Bonchev–Trinajstić information content (AvgIpc) is 2.42. The summed E-state index contributed by atoms with van der Waals surface area (Å²) in [6.45, 7) is 9.26. The number of anilines is 1. The molecule has 0 amide bonds. The zero-order valence-electron chi connectivity index (χ0n) is 12.1. The Morgan fingerprint density at radius 2 is 1.79 bits per heavy atom. The maximum Gasteiger partial charge on any atom is 0.162 e. The van der Waals surface area contributed by atoms with Crippen LogP contribution in [-0.2, 0) is 6.42 Å². The van der Waals surface area contributed by atoms with E-state index in [1.54, 1.807) is 0 Å². The summed E-state index contributed by atoms with van der Waals surface area (Å²) in [4.78, 5) is 9.39. The fraction of sp³-hybridized carbons (Fsp3) is 0.375. The van der Waals surface area contributed by atoms with Gasteiger partial charge in [-0.25, -0.2) is 9.97 Å². The summed E-state index contributed by atoms with van der Waals surface area (Å²) in [6.07, 6.45) is 0.922. The van der Waals surface area contributed by atoms with Gasteiger partial charge in [-0.1, -0.05) is 31.2 Å². The Hall–Kier alpha value is -1.90. The third-order valence-electron chi connectivity index (χ3n) is 3.31. The summed E-state index contributed by atoms with van der Waals surface area (Å²) in [6, 6.07) is 8.25. The Morgan fingerprint density at radius 1 is 1.05 bits per heavy atom. The van der Waals surface area contributed by atoms with Crippen molar-refractivity contribution in [2.45, 2.75) is 34.1 Å². The minimum atomic E-state index is 0.816. The van der Waals surface area contributed by atoms with Gasteiger partial charge in [-0.3, -0.25) is 0 Å². The Balaban J connectivity index is 2.58. The fourth-order valence-electron chi connectivity index (χ4n) is 2.19. The molecule has 0 aliphatic carbocycles. The smallest absolute Gasteiger partial charge is 0.162 e. The number of benzene rings is 1. The number of aromatic nitrogens is 2. The Bertz CT molecular complexity index is 576. The van der Waals surface area contributed by atoms with Crippen LogP contribution in [0.3, 0.4) is 0 Å². The molecule has 0 saturated heterocycles. The third kappa shape index (κ3) is 2.75. The maximum atomic E-state index is 4.71. The number of rotatable bonds is 4. The lowest BCUT2D eigenvalue weighted by Gasteiger charge is -2.13. The standard InChI is InChI=1S/C16H21N3/c1-5-14-12(4)15(17-6-2)19-16(18-14)13-10-8-7-9-11(13)3/h7-10H,5-6H2,1-4H3,(H,17,18,19). The Kier molecular flexibility index (Phi) is 4.15. The van der Waals surface area contributed by atoms with Gasteiger partial charge in [0.2, 0.25) is 0 Å². The highest BCUT2D eigenvalue weighted by molar-refractivity contribution is 5.63. The van der Waals surface area contributed by atoms with Crippen molar-refractivity contribution in [1.82, 2.24) is 9.97 Å². The summed E-state index contributed by atoms with van der Waals surface area (Å²) in [5.74, 6) is 1.77. The van der Waals surface area contributed by atoms with Crippen molar-refractivity contribution in [3.05, 3.63) is 41.1 Å². The van der Waals surface area contributed by atoms with Crippen LogP contribution in [0, 0.1) is 13.8 Å². The van der Waals surface area contributed by atoms with Gasteiger partial charge in [-0.15, -0.1) is 0 Å². The van der Waals surface area contributed by atoms with E-state index in [1.165, 1.54) is 5.56 Å². The largest absolute Gasteiger partial charge is 0.370 e.